The lowest BCUT2D eigenvalue weighted by Gasteiger charge is -2.00. The molecule has 6 heteroatoms. The number of fused-ring (bicyclic) bond motifs is 1. The summed E-state index contributed by atoms with van der Waals surface area (Å²) in [5.41, 5.74) is 1.07. The molecule has 0 aliphatic heterocycles. The van der Waals surface area contributed by atoms with Crippen LogP contribution in [0.25, 0.3) is 10.2 Å². The third-order valence-corrected chi connectivity index (χ3v) is 5.49. The number of benzene rings is 1. The molecule has 0 spiro atoms. The Labute approximate surface area is 144 Å². The van der Waals surface area contributed by atoms with Gasteiger partial charge in [-0.3, -0.25) is 4.79 Å². The largest absolute Gasteiger partial charge is 0.313 e. The third-order valence-electron chi connectivity index (χ3n) is 3.08. The molecular weight excluding hydrogens is 380 g/mol. The summed E-state index contributed by atoms with van der Waals surface area (Å²) in [6.45, 7) is 4.42. The molecule has 0 saturated carbocycles. The smallest absolute Gasteiger partial charge is 0.253 e. The fourth-order valence-corrected chi connectivity index (χ4v) is 4.45. The quantitative estimate of drug-likeness (QED) is 0.606. The van der Waals surface area contributed by atoms with E-state index in [1.165, 1.54) is 11.3 Å². The number of rotatable bonds is 4. The fourth-order valence-electron chi connectivity index (χ4n) is 2.15. The lowest BCUT2D eigenvalue weighted by atomic mass is 10.3. The normalized spacial score (nSPS) is 12.0. The van der Waals surface area contributed by atoms with E-state index in [0.717, 1.165) is 24.4 Å². The first-order valence-corrected chi connectivity index (χ1v) is 9.16. The van der Waals surface area contributed by atoms with Crippen LogP contribution >= 0.6 is 38.6 Å². The molecule has 0 fully saturated rings. The van der Waals surface area contributed by atoms with Crippen molar-refractivity contribution in [3.05, 3.63) is 62.5 Å². The van der Waals surface area contributed by atoms with Crippen molar-refractivity contribution in [2.45, 2.75) is 13.0 Å². The van der Waals surface area contributed by atoms with Gasteiger partial charge in [-0.2, -0.15) is 4.99 Å². The molecule has 0 bridgehead atoms. The summed E-state index contributed by atoms with van der Waals surface area (Å²) in [7, 11) is 0. The predicted octanol–water partition coefficient (Wildman–Crippen LogP) is 4.38. The summed E-state index contributed by atoms with van der Waals surface area (Å²) in [4.78, 5) is 18.2. The van der Waals surface area contributed by atoms with Gasteiger partial charge in [-0.05, 0) is 29.6 Å². The van der Waals surface area contributed by atoms with Crippen LogP contribution in [0.15, 0.2) is 57.8 Å². The Morgan fingerprint density at radius 2 is 2.27 bits per heavy atom. The van der Waals surface area contributed by atoms with Crippen LogP contribution in [0.2, 0.25) is 0 Å². The fraction of sp³-hybridized carbons (Fsp3) is 0.125. The number of carbonyl (C=O) groups excluding carboxylic acids is 1. The van der Waals surface area contributed by atoms with E-state index in [9.17, 15) is 4.79 Å². The molecule has 112 valence electrons. The highest BCUT2D eigenvalue weighted by atomic mass is 79.9. The molecule has 1 aromatic carbocycles. The zero-order valence-electron chi connectivity index (χ0n) is 11.7. The highest BCUT2D eigenvalue weighted by Crippen LogP contribution is 2.22. The van der Waals surface area contributed by atoms with Crippen LogP contribution in [-0.2, 0) is 17.8 Å². The van der Waals surface area contributed by atoms with Gasteiger partial charge in [0, 0.05) is 15.9 Å². The monoisotopic (exact) mass is 392 g/mol. The molecule has 0 saturated heterocycles. The molecular formula is C16H13BrN2OS2. The summed E-state index contributed by atoms with van der Waals surface area (Å²) in [6.07, 6.45) is 2.17. The molecule has 1 amide bonds. The van der Waals surface area contributed by atoms with Crippen molar-refractivity contribution in [3.8, 4) is 0 Å². The van der Waals surface area contributed by atoms with Crippen molar-refractivity contribution < 1.29 is 4.79 Å². The maximum atomic E-state index is 12.2. The number of nitrogens with zero attached hydrogens (tertiary/aromatic N) is 2. The van der Waals surface area contributed by atoms with E-state index in [1.54, 1.807) is 11.3 Å². The van der Waals surface area contributed by atoms with Crippen LogP contribution in [-0.4, -0.2) is 10.5 Å². The first kappa shape index (κ1) is 15.4. The van der Waals surface area contributed by atoms with Crippen molar-refractivity contribution in [3.63, 3.8) is 0 Å². The third kappa shape index (κ3) is 3.29. The van der Waals surface area contributed by atoms with Gasteiger partial charge in [0.15, 0.2) is 4.80 Å². The van der Waals surface area contributed by atoms with Gasteiger partial charge in [-0.1, -0.05) is 39.4 Å². The van der Waals surface area contributed by atoms with Gasteiger partial charge in [0.05, 0.1) is 16.6 Å². The molecule has 0 unspecified atom stereocenters. The van der Waals surface area contributed by atoms with E-state index < -0.39 is 0 Å². The minimum Gasteiger partial charge on any atom is -0.313 e. The summed E-state index contributed by atoms with van der Waals surface area (Å²) < 4.78 is 4.13. The van der Waals surface area contributed by atoms with E-state index in [1.807, 2.05) is 46.4 Å². The average Bonchev–Trinajstić information content (AvgIpc) is 3.08. The molecule has 3 aromatic rings. The molecule has 3 rings (SSSR count). The van der Waals surface area contributed by atoms with Crippen molar-refractivity contribution in [1.82, 2.24) is 4.57 Å². The zero-order chi connectivity index (χ0) is 15.5. The Hall–Kier alpha value is -1.50. The molecule has 0 aliphatic carbocycles. The van der Waals surface area contributed by atoms with Crippen LogP contribution in [0.5, 0.6) is 0 Å². The minimum atomic E-state index is -0.120. The molecule has 2 heterocycles. The average molecular weight is 393 g/mol. The number of hydrogen-bond donors (Lipinski definition) is 0. The Balaban J connectivity index is 2.04. The lowest BCUT2D eigenvalue weighted by molar-refractivity contribution is -0.117. The Morgan fingerprint density at radius 1 is 1.41 bits per heavy atom. The number of hydrogen-bond acceptors (Lipinski definition) is 3. The van der Waals surface area contributed by atoms with E-state index in [4.69, 9.17) is 0 Å². The SMILES string of the molecule is C=CCn1c(=NC(=O)Cc2cccs2)sc2cc(Br)ccc21. The second kappa shape index (κ2) is 6.73. The van der Waals surface area contributed by atoms with Crippen molar-refractivity contribution >= 4 is 54.7 Å². The van der Waals surface area contributed by atoms with Crippen LogP contribution in [0, 0.1) is 0 Å². The molecule has 22 heavy (non-hydrogen) atoms. The second-order valence-electron chi connectivity index (χ2n) is 4.66. The van der Waals surface area contributed by atoms with Crippen LogP contribution < -0.4 is 4.80 Å². The van der Waals surface area contributed by atoms with Gasteiger partial charge in [0.2, 0.25) is 0 Å². The number of thiazole rings is 1. The summed E-state index contributed by atoms with van der Waals surface area (Å²) in [5, 5.41) is 1.97. The summed E-state index contributed by atoms with van der Waals surface area (Å²) >= 11 is 6.57. The minimum absolute atomic E-state index is 0.120. The van der Waals surface area contributed by atoms with Crippen molar-refractivity contribution in [2.24, 2.45) is 4.99 Å². The Bertz CT molecular complexity index is 891. The zero-order valence-corrected chi connectivity index (χ0v) is 14.9. The molecule has 0 N–H and O–H groups in total. The summed E-state index contributed by atoms with van der Waals surface area (Å²) in [5.74, 6) is -0.120. The van der Waals surface area contributed by atoms with Crippen LogP contribution in [0.3, 0.4) is 0 Å². The van der Waals surface area contributed by atoms with E-state index >= 15 is 0 Å². The van der Waals surface area contributed by atoms with Gasteiger partial charge in [-0.25, -0.2) is 0 Å². The molecule has 0 aliphatic rings. The van der Waals surface area contributed by atoms with Crippen molar-refractivity contribution in [2.75, 3.05) is 0 Å². The van der Waals surface area contributed by atoms with E-state index in [0.29, 0.717) is 13.0 Å². The first-order chi connectivity index (χ1) is 10.7. The predicted molar refractivity (Wildman–Crippen MR) is 96.3 cm³/mol. The van der Waals surface area contributed by atoms with Gasteiger partial charge in [0.25, 0.3) is 5.91 Å². The molecule has 0 atom stereocenters. The summed E-state index contributed by atoms with van der Waals surface area (Å²) in [6, 6.07) is 9.97. The lowest BCUT2D eigenvalue weighted by Crippen LogP contribution is -2.16. The van der Waals surface area contributed by atoms with E-state index in [2.05, 4.69) is 27.5 Å². The standard InChI is InChI=1S/C16H13BrN2OS2/c1-2-7-19-13-6-5-11(17)9-14(13)22-16(19)18-15(20)10-12-4-3-8-21-12/h2-6,8-9H,1,7,10H2. The molecule has 2 aromatic heterocycles. The van der Waals surface area contributed by atoms with Crippen molar-refractivity contribution in [1.29, 1.82) is 0 Å². The van der Waals surface area contributed by atoms with Crippen LogP contribution in [0.4, 0.5) is 0 Å². The second-order valence-corrected chi connectivity index (χ2v) is 7.61. The Morgan fingerprint density at radius 3 is 3.00 bits per heavy atom. The number of allylic oxidation sites excluding steroid dienone is 1. The number of carbonyl (C=O) groups is 1. The van der Waals surface area contributed by atoms with Crippen LogP contribution in [0.1, 0.15) is 4.88 Å². The topological polar surface area (TPSA) is 34.4 Å². The maximum absolute atomic E-state index is 12.2. The highest BCUT2D eigenvalue weighted by molar-refractivity contribution is 9.10. The Kier molecular flexibility index (Phi) is 4.71. The maximum Gasteiger partial charge on any atom is 0.253 e. The van der Waals surface area contributed by atoms with Gasteiger partial charge >= 0.3 is 0 Å². The number of aromatic nitrogens is 1. The highest BCUT2D eigenvalue weighted by Gasteiger charge is 2.08. The van der Waals surface area contributed by atoms with Gasteiger partial charge < -0.3 is 4.57 Å². The van der Waals surface area contributed by atoms with Gasteiger partial charge in [-0.15, -0.1) is 17.9 Å². The molecule has 0 radical (unpaired) electrons. The molecule has 3 nitrogen and oxygen atoms in total. The van der Waals surface area contributed by atoms with Gasteiger partial charge in [0.1, 0.15) is 0 Å². The number of thiophene rings is 1. The first-order valence-electron chi connectivity index (χ1n) is 6.67. The number of halogens is 1. The number of amides is 1. The van der Waals surface area contributed by atoms with E-state index in [-0.39, 0.29) is 5.91 Å².